The zero-order valence-electron chi connectivity index (χ0n) is 12.2. The summed E-state index contributed by atoms with van der Waals surface area (Å²) in [5.41, 5.74) is 0. The largest absolute Gasteiger partial charge is 0.396 e. The van der Waals surface area contributed by atoms with Gasteiger partial charge in [-0.2, -0.15) is 0 Å². The predicted molar refractivity (Wildman–Crippen MR) is 85.0 cm³/mol. The third-order valence-corrected chi connectivity index (χ3v) is 6.72. The van der Waals surface area contributed by atoms with Crippen LogP contribution >= 0.6 is 11.3 Å². The summed E-state index contributed by atoms with van der Waals surface area (Å²) in [6.07, 6.45) is 4.76. The van der Waals surface area contributed by atoms with Crippen LogP contribution in [0, 0.1) is 0 Å². The second-order valence-electron chi connectivity index (χ2n) is 5.45. The van der Waals surface area contributed by atoms with Crippen molar-refractivity contribution in [2.75, 3.05) is 26.2 Å². The van der Waals surface area contributed by atoms with Gasteiger partial charge in [-0.25, -0.2) is 13.1 Å². The van der Waals surface area contributed by atoms with Crippen LogP contribution in [0.1, 0.15) is 32.1 Å². The number of hydrogen-bond donors (Lipinski definition) is 2. The van der Waals surface area contributed by atoms with Gasteiger partial charge in [-0.3, -0.25) is 0 Å². The van der Waals surface area contributed by atoms with E-state index in [9.17, 15) is 8.42 Å². The van der Waals surface area contributed by atoms with Gasteiger partial charge >= 0.3 is 0 Å². The van der Waals surface area contributed by atoms with Crippen molar-refractivity contribution in [3.63, 3.8) is 0 Å². The molecule has 21 heavy (non-hydrogen) atoms. The molecule has 0 unspecified atom stereocenters. The highest BCUT2D eigenvalue weighted by atomic mass is 32.2. The van der Waals surface area contributed by atoms with Gasteiger partial charge in [0.1, 0.15) is 4.21 Å². The first kappa shape index (κ1) is 16.9. The molecule has 1 aromatic heterocycles. The second-order valence-corrected chi connectivity index (χ2v) is 8.34. The maximum atomic E-state index is 12.1. The molecular weight excluding hydrogens is 308 g/mol. The van der Waals surface area contributed by atoms with E-state index >= 15 is 0 Å². The molecule has 0 saturated carbocycles. The number of sulfonamides is 1. The molecule has 1 fully saturated rings. The van der Waals surface area contributed by atoms with E-state index in [4.69, 9.17) is 5.11 Å². The minimum Gasteiger partial charge on any atom is -0.396 e. The fraction of sp³-hybridized carbons (Fsp3) is 0.714. The highest BCUT2D eigenvalue weighted by Gasteiger charge is 2.24. The van der Waals surface area contributed by atoms with E-state index in [1.54, 1.807) is 17.5 Å². The Morgan fingerprint density at radius 1 is 1.29 bits per heavy atom. The van der Waals surface area contributed by atoms with Crippen LogP contribution in [-0.2, 0) is 10.0 Å². The molecule has 0 radical (unpaired) electrons. The van der Waals surface area contributed by atoms with Crippen molar-refractivity contribution >= 4 is 21.4 Å². The lowest BCUT2D eigenvalue weighted by Gasteiger charge is -2.32. The average molecular weight is 332 g/mol. The maximum Gasteiger partial charge on any atom is 0.250 e. The molecule has 1 aliphatic rings. The molecule has 5 nitrogen and oxygen atoms in total. The Bertz CT molecular complexity index is 494. The monoisotopic (exact) mass is 332 g/mol. The summed E-state index contributed by atoms with van der Waals surface area (Å²) in [4.78, 5) is 2.38. The first-order chi connectivity index (χ1) is 10.1. The molecule has 0 amide bonds. The number of thiophene rings is 1. The smallest absolute Gasteiger partial charge is 0.250 e. The van der Waals surface area contributed by atoms with Crippen molar-refractivity contribution in [2.45, 2.75) is 42.4 Å². The van der Waals surface area contributed by atoms with E-state index in [0.29, 0.717) is 4.21 Å². The molecule has 0 aliphatic carbocycles. The molecule has 2 N–H and O–H groups in total. The quantitative estimate of drug-likeness (QED) is 0.710. The Balaban J connectivity index is 1.72. The first-order valence-electron chi connectivity index (χ1n) is 7.51. The third kappa shape index (κ3) is 5.34. The van der Waals surface area contributed by atoms with Gasteiger partial charge in [-0.05, 0) is 63.2 Å². The molecule has 2 heterocycles. The molecule has 1 aromatic rings. The summed E-state index contributed by atoms with van der Waals surface area (Å²) < 4.78 is 27.5. The normalized spacial score (nSPS) is 18.1. The topological polar surface area (TPSA) is 69.6 Å². The molecule has 2 rings (SSSR count). The summed E-state index contributed by atoms with van der Waals surface area (Å²) in [5, 5.41) is 10.5. The summed E-state index contributed by atoms with van der Waals surface area (Å²) in [6, 6.07) is 3.45. The van der Waals surface area contributed by atoms with Crippen molar-refractivity contribution in [2.24, 2.45) is 0 Å². The van der Waals surface area contributed by atoms with Crippen molar-refractivity contribution in [1.82, 2.24) is 9.62 Å². The molecular formula is C14H24N2O3S2. The highest BCUT2D eigenvalue weighted by Crippen LogP contribution is 2.18. The van der Waals surface area contributed by atoms with Crippen LogP contribution in [0.5, 0.6) is 0 Å². The minimum absolute atomic E-state index is 0.0470. The number of aliphatic hydroxyl groups is 1. The van der Waals surface area contributed by atoms with E-state index in [1.165, 1.54) is 11.3 Å². The Morgan fingerprint density at radius 2 is 2.05 bits per heavy atom. The van der Waals surface area contributed by atoms with Crippen molar-refractivity contribution in [3.8, 4) is 0 Å². The van der Waals surface area contributed by atoms with Crippen molar-refractivity contribution < 1.29 is 13.5 Å². The lowest BCUT2D eigenvalue weighted by atomic mass is 10.1. The fourth-order valence-electron chi connectivity index (χ4n) is 2.59. The predicted octanol–water partition coefficient (Wildman–Crippen LogP) is 1.65. The van der Waals surface area contributed by atoms with Gasteiger partial charge in [0.15, 0.2) is 0 Å². The summed E-state index contributed by atoms with van der Waals surface area (Å²) in [7, 11) is -3.34. The lowest BCUT2D eigenvalue weighted by molar-refractivity contribution is 0.200. The van der Waals surface area contributed by atoms with Crippen molar-refractivity contribution in [1.29, 1.82) is 0 Å². The SMILES string of the molecule is O=S(=O)(NC1CCN(CCCCCO)CC1)c1cccs1. The molecule has 0 bridgehead atoms. The van der Waals surface area contributed by atoms with E-state index in [0.717, 1.165) is 51.7 Å². The van der Waals surface area contributed by atoms with Crippen molar-refractivity contribution in [3.05, 3.63) is 17.5 Å². The summed E-state index contributed by atoms with van der Waals surface area (Å²) in [5.74, 6) is 0. The van der Waals surface area contributed by atoms with Crippen LogP contribution in [0.15, 0.2) is 21.7 Å². The van der Waals surface area contributed by atoms with Gasteiger partial charge in [0, 0.05) is 12.6 Å². The summed E-state index contributed by atoms with van der Waals surface area (Å²) >= 11 is 1.25. The van der Waals surface area contributed by atoms with Gasteiger partial charge in [0.25, 0.3) is 0 Å². The number of likely N-dealkylation sites (tertiary alicyclic amines) is 1. The molecule has 7 heteroatoms. The molecule has 0 spiro atoms. The summed E-state index contributed by atoms with van der Waals surface area (Å²) in [6.45, 7) is 3.20. The van der Waals surface area contributed by atoms with Gasteiger partial charge < -0.3 is 10.0 Å². The van der Waals surface area contributed by atoms with Crippen LogP contribution < -0.4 is 4.72 Å². The highest BCUT2D eigenvalue weighted by molar-refractivity contribution is 7.91. The van der Waals surface area contributed by atoms with Crippen LogP contribution in [0.2, 0.25) is 0 Å². The van der Waals surface area contributed by atoms with Gasteiger partial charge in [-0.15, -0.1) is 11.3 Å². The van der Waals surface area contributed by atoms with Gasteiger partial charge in [0.05, 0.1) is 0 Å². The molecule has 0 atom stereocenters. The molecule has 0 aromatic carbocycles. The first-order valence-corrected chi connectivity index (χ1v) is 9.87. The van der Waals surface area contributed by atoms with Crippen LogP contribution in [0.25, 0.3) is 0 Å². The molecule has 1 aliphatic heterocycles. The van der Waals surface area contributed by atoms with E-state index in [-0.39, 0.29) is 12.6 Å². The Hall–Kier alpha value is -0.470. The fourth-order valence-corrected chi connectivity index (χ4v) is 4.91. The Labute approximate surface area is 131 Å². The Kier molecular flexibility index (Phi) is 6.63. The third-order valence-electron chi connectivity index (χ3n) is 3.80. The van der Waals surface area contributed by atoms with Crippen LogP contribution in [0.3, 0.4) is 0 Å². The number of hydrogen-bond acceptors (Lipinski definition) is 5. The standard InChI is InChI=1S/C14H24N2O3S2/c17-11-3-1-2-8-16-9-6-13(7-10-16)15-21(18,19)14-5-4-12-20-14/h4-5,12-13,15,17H,1-3,6-11H2. The van der Waals surface area contributed by atoms with E-state index < -0.39 is 10.0 Å². The van der Waals surface area contributed by atoms with Crippen LogP contribution in [-0.4, -0.2) is 50.7 Å². The number of nitrogens with zero attached hydrogens (tertiary/aromatic N) is 1. The number of nitrogens with one attached hydrogen (secondary N) is 1. The molecule has 1 saturated heterocycles. The number of unbranched alkanes of at least 4 members (excludes halogenated alkanes) is 2. The minimum atomic E-state index is -3.34. The van der Waals surface area contributed by atoms with Crippen LogP contribution in [0.4, 0.5) is 0 Å². The lowest BCUT2D eigenvalue weighted by Crippen LogP contribution is -2.44. The van der Waals surface area contributed by atoms with Gasteiger partial charge in [-0.1, -0.05) is 6.07 Å². The number of rotatable bonds is 8. The average Bonchev–Trinajstić information content (AvgIpc) is 3.00. The zero-order valence-corrected chi connectivity index (χ0v) is 13.8. The van der Waals surface area contributed by atoms with Gasteiger partial charge in [0.2, 0.25) is 10.0 Å². The Morgan fingerprint density at radius 3 is 2.67 bits per heavy atom. The number of piperidine rings is 1. The zero-order chi connectivity index (χ0) is 15.1. The van der Waals surface area contributed by atoms with E-state index in [1.807, 2.05) is 0 Å². The maximum absolute atomic E-state index is 12.1. The number of aliphatic hydroxyl groups excluding tert-OH is 1. The van der Waals surface area contributed by atoms with E-state index in [2.05, 4.69) is 9.62 Å². The second kappa shape index (κ2) is 8.24. The molecule has 120 valence electrons.